The molecule has 1 aliphatic rings. The van der Waals surface area contributed by atoms with Gasteiger partial charge in [0, 0.05) is 38.9 Å². The molecule has 1 aliphatic heterocycles. The number of nitrogens with one attached hydrogen (secondary N) is 1. The van der Waals surface area contributed by atoms with Gasteiger partial charge in [-0.25, -0.2) is 5.01 Å². The Morgan fingerprint density at radius 2 is 1.83 bits per heavy atom. The molecule has 0 saturated carbocycles. The Kier molecular flexibility index (Phi) is 7.74. The van der Waals surface area contributed by atoms with E-state index in [1.54, 1.807) is 0 Å². The van der Waals surface area contributed by atoms with E-state index in [4.69, 9.17) is 0 Å². The van der Waals surface area contributed by atoms with Crippen molar-refractivity contribution >= 4 is 17.5 Å². The highest BCUT2D eigenvalue weighted by molar-refractivity contribution is 6.04. The van der Waals surface area contributed by atoms with Crippen molar-refractivity contribution in [3.05, 3.63) is 71.3 Å². The van der Waals surface area contributed by atoms with Gasteiger partial charge in [0.2, 0.25) is 11.8 Å². The fourth-order valence-electron chi connectivity index (χ4n) is 3.38. The van der Waals surface area contributed by atoms with Crippen LogP contribution in [-0.2, 0) is 16.1 Å². The maximum absolute atomic E-state index is 12.2. The van der Waals surface area contributed by atoms with Crippen molar-refractivity contribution in [2.75, 3.05) is 26.7 Å². The minimum atomic E-state index is -0.0615. The Bertz CT molecular complexity index is 878. The molecule has 3 rings (SSSR count). The lowest BCUT2D eigenvalue weighted by atomic mass is 10.0. The molecule has 0 aliphatic carbocycles. The molecule has 1 heterocycles. The van der Waals surface area contributed by atoms with Gasteiger partial charge in [-0.15, -0.1) is 0 Å². The Morgan fingerprint density at radius 1 is 1.10 bits per heavy atom. The summed E-state index contributed by atoms with van der Waals surface area (Å²) >= 11 is 0. The maximum atomic E-state index is 12.2. The molecular formula is C24H30N4O2. The lowest BCUT2D eigenvalue weighted by molar-refractivity contribution is -0.132. The molecule has 30 heavy (non-hydrogen) atoms. The Morgan fingerprint density at radius 3 is 2.57 bits per heavy atom. The molecule has 0 fully saturated rings. The zero-order chi connectivity index (χ0) is 21.3. The van der Waals surface area contributed by atoms with E-state index in [1.165, 1.54) is 16.1 Å². The monoisotopic (exact) mass is 406 g/mol. The highest BCUT2D eigenvalue weighted by Crippen LogP contribution is 2.16. The first-order valence-electron chi connectivity index (χ1n) is 10.5. The molecule has 2 aromatic carbocycles. The van der Waals surface area contributed by atoms with E-state index < -0.39 is 0 Å². The SMILES string of the molecule is Cc1ccc(C2=NN(CCC(=O)NCCN(C)Cc3ccccc3)C(=O)CC2)cc1. The molecule has 2 amide bonds. The number of rotatable bonds is 9. The number of nitrogens with zero attached hydrogens (tertiary/aromatic N) is 3. The standard InChI is InChI=1S/C24H30N4O2/c1-19-8-10-21(11-9-19)22-12-13-24(30)28(26-22)16-14-23(29)25-15-17-27(2)18-20-6-4-3-5-7-20/h3-11H,12-18H2,1-2H3,(H,25,29). The first kappa shape index (κ1) is 21.7. The first-order valence-corrected chi connectivity index (χ1v) is 10.5. The normalized spacial score (nSPS) is 14.0. The molecule has 6 nitrogen and oxygen atoms in total. The van der Waals surface area contributed by atoms with Crippen molar-refractivity contribution in [3.8, 4) is 0 Å². The predicted molar refractivity (Wildman–Crippen MR) is 119 cm³/mol. The van der Waals surface area contributed by atoms with Crippen LogP contribution in [0.4, 0.5) is 0 Å². The third kappa shape index (κ3) is 6.52. The zero-order valence-corrected chi connectivity index (χ0v) is 17.8. The summed E-state index contributed by atoms with van der Waals surface area (Å²) in [6, 6.07) is 18.4. The fourth-order valence-corrected chi connectivity index (χ4v) is 3.38. The first-order chi connectivity index (χ1) is 14.5. The van der Waals surface area contributed by atoms with E-state index in [0.717, 1.165) is 24.4 Å². The van der Waals surface area contributed by atoms with Crippen LogP contribution in [0.2, 0.25) is 0 Å². The second-order valence-electron chi connectivity index (χ2n) is 7.75. The number of aryl methyl sites for hydroxylation is 1. The molecule has 1 N–H and O–H groups in total. The molecule has 0 saturated heterocycles. The summed E-state index contributed by atoms with van der Waals surface area (Å²) in [6.45, 7) is 4.53. The minimum absolute atomic E-state index is 0.0266. The van der Waals surface area contributed by atoms with Crippen LogP contribution in [0.15, 0.2) is 59.7 Å². The van der Waals surface area contributed by atoms with Crippen LogP contribution in [0.1, 0.15) is 36.0 Å². The van der Waals surface area contributed by atoms with Crippen LogP contribution < -0.4 is 5.32 Å². The van der Waals surface area contributed by atoms with Crippen molar-refractivity contribution in [2.24, 2.45) is 5.10 Å². The minimum Gasteiger partial charge on any atom is -0.355 e. The molecule has 2 aromatic rings. The van der Waals surface area contributed by atoms with Crippen molar-refractivity contribution in [1.29, 1.82) is 0 Å². The molecule has 0 radical (unpaired) electrons. The molecule has 0 atom stereocenters. The quantitative estimate of drug-likeness (QED) is 0.696. The fraction of sp³-hybridized carbons (Fsp3) is 0.375. The lowest BCUT2D eigenvalue weighted by Crippen LogP contribution is -2.37. The summed E-state index contributed by atoms with van der Waals surface area (Å²) in [5, 5.41) is 8.88. The van der Waals surface area contributed by atoms with Gasteiger partial charge < -0.3 is 10.2 Å². The third-order valence-electron chi connectivity index (χ3n) is 5.15. The topological polar surface area (TPSA) is 65.0 Å². The van der Waals surface area contributed by atoms with Gasteiger partial charge in [-0.05, 0) is 25.1 Å². The molecule has 0 bridgehead atoms. The average molecular weight is 407 g/mol. The molecule has 158 valence electrons. The van der Waals surface area contributed by atoms with Crippen molar-refractivity contribution in [2.45, 2.75) is 32.7 Å². The van der Waals surface area contributed by atoms with E-state index in [9.17, 15) is 9.59 Å². The predicted octanol–water partition coefficient (Wildman–Crippen LogP) is 2.96. The summed E-state index contributed by atoms with van der Waals surface area (Å²) in [4.78, 5) is 26.6. The number of amides is 2. The van der Waals surface area contributed by atoms with E-state index in [1.807, 2.05) is 56.4 Å². The van der Waals surface area contributed by atoms with E-state index in [0.29, 0.717) is 25.9 Å². The number of hydrogen-bond acceptors (Lipinski definition) is 4. The van der Waals surface area contributed by atoms with Crippen LogP contribution in [0, 0.1) is 6.92 Å². The highest BCUT2D eigenvalue weighted by atomic mass is 16.2. The van der Waals surface area contributed by atoms with Gasteiger partial charge in [-0.1, -0.05) is 60.2 Å². The van der Waals surface area contributed by atoms with E-state index in [-0.39, 0.29) is 18.2 Å². The maximum Gasteiger partial charge on any atom is 0.243 e. The van der Waals surface area contributed by atoms with Gasteiger partial charge in [0.1, 0.15) is 0 Å². The Hall–Kier alpha value is -2.99. The molecule has 0 spiro atoms. The second kappa shape index (κ2) is 10.7. The second-order valence-corrected chi connectivity index (χ2v) is 7.75. The number of carbonyl (C=O) groups is 2. The molecule has 0 unspecified atom stereocenters. The molecule has 6 heteroatoms. The number of carbonyl (C=O) groups excluding carboxylic acids is 2. The number of benzene rings is 2. The van der Waals surface area contributed by atoms with Gasteiger partial charge in [0.15, 0.2) is 0 Å². The Labute approximate surface area is 178 Å². The zero-order valence-electron chi connectivity index (χ0n) is 17.8. The summed E-state index contributed by atoms with van der Waals surface area (Å²) in [6.07, 6.45) is 1.32. The summed E-state index contributed by atoms with van der Waals surface area (Å²) in [7, 11) is 2.03. The van der Waals surface area contributed by atoms with Crippen LogP contribution in [-0.4, -0.2) is 54.1 Å². The van der Waals surface area contributed by atoms with Crippen LogP contribution in [0.25, 0.3) is 0 Å². The van der Waals surface area contributed by atoms with E-state index >= 15 is 0 Å². The number of likely N-dealkylation sites (N-methyl/N-ethyl adjacent to an activating group) is 1. The van der Waals surface area contributed by atoms with Gasteiger partial charge in [0.25, 0.3) is 0 Å². The van der Waals surface area contributed by atoms with Gasteiger partial charge in [-0.3, -0.25) is 9.59 Å². The van der Waals surface area contributed by atoms with Crippen LogP contribution in [0.3, 0.4) is 0 Å². The largest absolute Gasteiger partial charge is 0.355 e. The Balaban J connectivity index is 1.42. The van der Waals surface area contributed by atoms with Crippen molar-refractivity contribution < 1.29 is 9.59 Å². The van der Waals surface area contributed by atoms with Gasteiger partial charge >= 0.3 is 0 Å². The number of hydrazone groups is 1. The van der Waals surface area contributed by atoms with Gasteiger partial charge in [0.05, 0.1) is 12.3 Å². The smallest absolute Gasteiger partial charge is 0.243 e. The summed E-state index contributed by atoms with van der Waals surface area (Å²) in [5.41, 5.74) is 4.37. The number of hydrogen-bond donors (Lipinski definition) is 1. The van der Waals surface area contributed by atoms with Crippen molar-refractivity contribution in [3.63, 3.8) is 0 Å². The van der Waals surface area contributed by atoms with Crippen LogP contribution >= 0.6 is 0 Å². The summed E-state index contributed by atoms with van der Waals surface area (Å²) in [5.74, 6) is -0.0881. The van der Waals surface area contributed by atoms with Crippen LogP contribution in [0.5, 0.6) is 0 Å². The highest BCUT2D eigenvalue weighted by Gasteiger charge is 2.21. The average Bonchev–Trinajstić information content (AvgIpc) is 2.74. The van der Waals surface area contributed by atoms with Crippen molar-refractivity contribution in [1.82, 2.24) is 15.2 Å². The third-order valence-corrected chi connectivity index (χ3v) is 5.15. The summed E-state index contributed by atoms with van der Waals surface area (Å²) < 4.78 is 0. The lowest BCUT2D eigenvalue weighted by Gasteiger charge is -2.23. The molecule has 0 aromatic heterocycles. The van der Waals surface area contributed by atoms with E-state index in [2.05, 4.69) is 27.5 Å². The molecular weight excluding hydrogens is 376 g/mol. The van der Waals surface area contributed by atoms with Gasteiger partial charge in [-0.2, -0.15) is 5.10 Å².